The molecule has 2 saturated carbocycles. The zero-order valence-corrected chi connectivity index (χ0v) is 22.9. The van der Waals surface area contributed by atoms with Gasteiger partial charge in [-0.25, -0.2) is 18.7 Å². The number of amides is 2. The van der Waals surface area contributed by atoms with E-state index in [-0.39, 0.29) is 29.6 Å². The van der Waals surface area contributed by atoms with Crippen molar-refractivity contribution in [1.29, 1.82) is 0 Å². The fourth-order valence-electron chi connectivity index (χ4n) is 6.44. The van der Waals surface area contributed by atoms with E-state index in [9.17, 15) is 9.59 Å². The summed E-state index contributed by atoms with van der Waals surface area (Å²) in [6.45, 7) is 3.02. The van der Waals surface area contributed by atoms with E-state index in [0.717, 1.165) is 43.4 Å². The highest BCUT2D eigenvalue weighted by Crippen LogP contribution is 2.43. The number of nitrogens with two attached hydrogens (primary N) is 1. The molecule has 1 atom stereocenters. The number of nitrogens with zero attached hydrogens (tertiary/aromatic N) is 4. The van der Waals surface area contributed by atoms with Crippen LogP contribution in [0.1, 0.15) is 83.4 Å². The maximum atomic E-state index is 15.4. The number of hydrogen-bond donors (Lipinski definition) is 1. The van der Waals surface area contributed by atoms with Crippen LogP contribution >= 0.6 is 0 Å². The number of ether oxygens (including phenoxy) is 1. The van der Waals surface area contributed by atoms with Gasteiger partial charge in [0, 0.05) is 29.8 Å². The maximum absolute atomic E-state index is 15.4. The number of fused-ring (bicyclic) bond motifs is 2. The Bertz CT molecular complexity index is 1670. The molecule has 2 amide bonds. The first-order valence-electron chi connectivity index (χ1n) is 14.4. The van der Waals surface area contributed by atoms with Crippen LogP contribution in [-0.2, 0) is 11.2 Å². The number of halogens is 1. The Balaban J connectivity index is 1.15. The van der Waals surface area contributed by atoms with Crippen molar-refractivity contribution in [2.24, 2.45) is 11.7 Å². The molecule has 1 aliphatic heterocycles. The number of rotatable bonds is 6. The summed E-state index contributed by atoms with van der Waals surface area (Å²) in [7, 11) is 0. The van der Waals surface area contributed by atoms with Gasteiger partial charge in [-0.05, 0) is 85.8 Å². The highest BCUT2D eigenvalue weighted by molar-refractivity contribution is 5.93. The molecule has 9 heteroatoms. The molecule has 3 heterocycles. The minimum absolute atomic E-state index is 0.0374. The van der Waals surface area contributed by atoms with E-state index in [2.05, 4.69) is 19.1 Å². The lowest BCUT2D eigenvalue weighted by Gasteiger charge is -2.35. The van der Waals surface area contributed by atoms with Gasteiger partial charge in [0.15, 0.2) is 5.65 Å². The molecular weight excluding hydrogens is 521 g/mol. The maximum Gasteiger partial charge on any atom is 0.404 e. The first kappa shape index (κ1) is 25.7. The van der Waals surface area contributed by atoms with Gasteiger partial charge in [0.2, 0.25) is 0 Å². The first-order chi connectivity index (χ1) is 19.9. The molecule has 8 nitrogen and oxygen atoms in total. The van der Waals surface area contributed by atoms with E-state index >= 15 is 4.39 Å². The molecule has 2 fully saturated rings. The lowest BCUT2D eigenvalue weighted by molar-refractivity contribution is 0.0671. The van der Waals surface area contributed by atoms with Crippen LogP contribution in [-0.4, -0.2) is 44.7 Å². The Labute approximate surface area is 237 Å². The van der Waals surface area contributed by atoms with E-state index in [1.54, 1.807) is 22.7 Å². The molecule has 0 radical (unpaired) electrons. The molecule has 0 saturated heterocycles. The van der Waals surface area contributed by atoms with Crippen LogP contribution in [0.4, 0.5) is 9.18 Å². The van der Waals surface area contributed by atoms with Crippen LogP contribution in [0.25, 0.3) is 16.9 Å². The Morgan fingerprint density at radius 1 is 1.07 bits per heavy atom. The summed E-state index contributed by atoms with van der Waals surface area (Å²) in [5, 5.41) is 4.75. The zero-order valence-electron chi connectivity index (χ0n) is 22.9. The summed E-state index contributed by atoms with van der Waals surface area (Å²) in [6.07, 6.45) is 3.77. The predicted octanol–water partition coefficient (Wildman–Crippen LogP) is 5.76. The van der Waals surface area contributed by atoms with E-state index in [1.165, 1.54) is 11.1 Å². The molecule has 2 N–H and O–H groups in total. The molecule has 0 spiro atoms. The summed E-state index contributed by atoms with van der Waals surface area (Å²) < 4.78 is 22.1. The van der Waals surface area contributed by atoms with Crippen molar-refractivity contribution in [2.45, 2.75) is 56.9 Å². The van der Waals surface area contributed by atoms with Crippen molar-refractivity contribution in [2.75, 3.05) is 13.2 Å². The highest BCUT2D eigenvalue weighted by Gasteiger charge is 2.34. The van der Waals surface area contributed by atoms with Crippen LogP contribution < -0.4 is 5.73 Å². The molecular formula is C32H32FN5O3. The van der Waals surface area contributed by atoms with E-state index < -0.39 is 6.09 Å². The quantitative estimate of drug-likeness (QED) is 0.327. The second-order valence-electron chi connectivity index (χ2n) is 11.7. The molecule has 2 aliphatic carbocycles. The number of carbonyl (C=O) groups is 2. The van der Waals surface area contributed by atoms with Crippen LogP contribution in [0.15, 0.2) is 54.6 Å². The average Bonchev–Trinajstić information content (AvgIpc) is 3.70. The van der Waals surface area contributed by atoms with Crippen LogP contribution in [0.5, 0.6) is 0 Å². The molecule has 210 valence electrons. The Kier molecular flexibility index (Phi) is 6.25. The van der Waals surface area contributed by atoms with E-state index in [0.29, 0.717) is 41.7 Å². The van der Waals surface area contributed by atoms with Crippen molar-refractivity contribution >= 4 is 17.6 Å². The third kappa shape index (κ3) is 4.73. The molecule has 7 rings (SSSR count). The molecule has 3 aliphatic rings. The lowest BCUT2D eigenvalue weighted by atomic mass is 9.71. The topological polar surface area (TPSA) is 103 Å². The van der Waals surface area contributed by atoms with Gasteiger partial charge in [-0.3, -0.25) is 4.79 Å². The second-order valence-corrected chi connectivity index (χ2v) is 11.7. The van der Waals surface area contributed by atoms with Crippen LogP contribution in [0.2, 0.25) is 0 Å². The first-order valence-corrected chi connectivity index (χ1v) is 14.4. The number of benzene rings is 2. The Morgan fingerprint density at radius 3 is 2.63 bits per heavy atom. The van der Waals surface area contributed by atoms with E-state index in [1.807, 2.05) is 29.2 Å². The SMILES string of the molecule is C[C@@H]1c2ccccc2CCN1C(=O)c1cc(C2CC2)n2nc(-c3ccc([C@H]4C[C@@H](COC(N)=O)C4)cc3F)cc2n1. The van der Waals surface area contributed by atoms with E-state index in [4.69, 9.17) is 20.6 Å². The summed E-state index contributed by atoms with van der Waals surface area (Å²) in [4.78, 5) is 31.2. The van der Waals surface area contributed by atoms with Gasteiger partial charge >= 0.3 is 6.09 Å². The molecule has 2 aromatic heterocycles. The number of hydrogen-bond acceptors (Lipinski definition) is 5. The lowest BCUT2D eigenvalue weighted by Crippen LogP contribution is -2.39. The zero-order chi connectivity index (χ0) is 28.2. The minimum Gasteiger partial charge on any atom is -0.449 e. The molecule has 41 heavy (non-hydrogen) atoms. The number of aromatic nitrogens is 3. The van der Waals surface area contributed by atoms with Gasteiger partial charge in [0.1, 0.15) is 11.5 Å². The molecule has 2 aromatic carbocycles. The summed E-state index contributed by atoms with van der Waals surface area (Å²) in [5.74, 6) is 0.362. The highest BCUT2D eigenvalue weighted by atomic mass is 19.1. The molecule has 0 unspecified atom stereocenters. The van der Waals surface area contributed by atoms with Gasteiger partial charge < -0.3 is 15.4 Å². The van der Waals surface area contributed by atoms with Gasteiger partial charge in [0.25, 0.3) is 5.91 Å². The summed E-state index contributed by atoms with van der Waals surface area (Å²) >= 11 is 0. The summed E-state index contributed by atoms with van der Waals surface area (Å²) in [6, 6.07) is 17.2. The van der Waals surface area contributed by atoms with Gasteiger partial charge in [0.05, 0.1) is 18.3 Å². The fraction of sp³-hybridized carbons (Fsp3) is 0.375. The number of carbonyl (C=O) groups excluding carboxylic acids is 2. The van der Waals surface area contributed by atoms with Crippen LogP contribution in [0.3, 0.4) is 0 Å². The second kappa shape index (κ2) is 9.98. The van der Waals surface area contributed by atoms with Crippen molar-refractivity contribution < 1.29 is 18.7 Å². The molecule has 4 aromatic rings. The third-order valence-corrected chi connectivity index (χ3v) is 8.96. The van der Waals surface area contributed by atoms with Crippen molar-refractivity contribution in [3.8, 4) is 11.3 Å². The van der Waals surface area contributed by atoms with Gasteiger partial charge in [-0.1, -0.05) is 30.3 Å². The predicted molar refractivity (Wildman–Crippen MR) is 151 cm³/mol. The van der Waals surface area contributed by atoms with Gasteiger partial charge in [-0.15, -0.1) is 0 Å². The standard InChI is InChI=1S/C32H32FN5O3/c1-18-24-5-3-2-4-20(24)10-11-37(18)31(39)28-15-29(21-6-7-21)38-30(35-28)16-27(36-38)25-9-8-22(14-26(25)33)23-12-19(13-23)17-41-32(34)40/h2-5,8-9,14-16,18-19,21,23H,6-7,10-13,17H2,1H3,(H2,34,40)/t18-,19-,23+/m1/s1. The largest absolute Gasteiger partial charge is 0.449 e. The monoisotopic (exact) mass is 553 g/mol. The van der Waals surface area contributed by atoms with Crippen molar-refractivity contribution in [3.63, 3.8) is 0 Å². The summed E-state index contributed by atoms with van der Waals surface area (Å²) in [5.41, 5.74) is 11.3. The van der Waals surface area contributed by atoms with Gasteiger partial charge in [-0.2, -0.15) is 5.10 Å². The minimum atomic E-state index is -0.765. The Morgan fingerprint density at radius 2 is 1.88 bits per heavy atom. The average molecular weight is 554 g/mol. The number of primary amides is 1. The Hall–Kier alpha value is -4.27. The van der Waals surface area contributed by atoms with Crippen molar-refractivity contribution in [3.05, 3.63) is 88.5 Å². The smallest absolute Gasteiger partial charge is 0.404 e. The normalized spacial score (nSPS) is 21.8. The molecule has 0 bridgehead atoms. The fourth-order valence-corrected chi connectivity index (χ4v) is 6.44. The third-order valence-electron chi connectivity index (χ3n) is 8.96. The van der Waals surface area contributed by atoms with Crippen LogP contribution in [0, 0.1) is 11.7 Å². The van der Waals surface area contributed by atoms with Crippen molar-refractivity contribution in [1.82, 2.24) is 19.5 Å².